The third-order valence-corrected chi connectivity index (χ3v) is 6.48. The Kier molecular flexibility index (Phi) is 6.35. The Morgan fingerprint density at radius 2 is 1.73 bits per heavy atom. The van der Waals surface area contributed by atoms with Crippen molar-refractivity contribution in [3.8, 4) is 0 Å². The molecule has 0 saturated carbocycles. The van der Waals surface area contributed by atoms with Crippen molar-refractivity contribution in [2.45, 2.75) is 70.6 Å². The predicted molar refractivity (Wildman–Crippen MR) is 128 cm³/mol. The average molecular weight is 450 g/mol. The minimum atomic E-state index is -0.529. The zero-order valence-electron chi connectivity index (χ0n) is 19.3. The molecule has 1 aromatic carbocycles. The Morgan fingerprint density at radius 1 is 1.06 bits per heavy atom. The number of benzene rings is 1. The van der Waals surface area contributed by atoms with Crippen molar-refractivity contribution in [2.24, 2.45) is 5.73 Å². The molecule has 4 N–H and O–H groups in total. The number of rotatable bonds is 7. The van der Waals surface area contributed by atoms with E-state index in [1.807, 2.05) is 26.0 Å². The zero-order valence-corrected chi connectivity index (χ0v) is 19.3. The molecule has 1 aromatic heterocycles. The van der Waals surface area contributed by atoms with Gasteiger partial charge in [-0.2, -0.15) is 0 Å². The van der Waals surface area contributed by atoms with E-state index >= 15 is 0 Å². The number of hydrogen-bond donors (Lipinski definition) is 3. The first kappa shape index (κ1) is 22.8. The van der Waals surface area contributed by atoms with Crippen LogP contribution in [-0.4, -0.2) is 46.7 Å². The van der Waals surface area contributed by atoms with Gasteiger partial charge in [-0.15, -0.1) is 0 Å². The third-order valence-electron chi connectivity index (χ3n) is 6.48. The summed E-state index contributed by atoms with van der Waals surface area (Å²) in [7, 11) is 0. The van der Waals surface area contributed by atoms with Crippen LogP contribution in [0.15, 0.2) is 36.5 Å². The van der Waals surface area contributed by atoms with E-state index < -0.39 is 5.91 Å². The highest BCUT2D eigenvalue weighted by molar-refractivity contribution is 6.02. The maximum Gasteiger partial charge on any atom is 0.251 e. The SMILES string of the molecule is CC(=O)c1ccc(N2[C@@H]3CC[C@H]2CC(NC(=O)c2ccc(C(N)=O)c(NC(C)C)c2)C3)nc1. The number of ketones is 1. The van der Waals surface area contributed by atoms with Gasteiger partial charge >= 0.3 is 0 Å². The number of fused-ring (bicyclic) bond motifs is 2. The van der Waals surface area contributed by atoms with Crippen LogP contribution in [0.5, 0.6) is 0 Å². The number of pyridine rings is 1. The van der Waals surface area contributed by atoms with Crippen LogP contribution in [0.3, 0.4) is 0 Å². The molecule has 0 aliphatic carbocycles. The molecular weight excluding hydrogens is 418 g/mol. The Balaban J connectivity index is 1.45. The van der Waals surface area contributed by atoms with Crippen molar-refractivity contribution in [1.82, 2.24) is 10.3 Å². The fraction of sp³-hybridized carbons (Fsp3) is 0.440. The van der Waals surface area contributed by atoms with Gasteiger partial charge in [-0.3, -0.25) is 14.4 Å². The molecule has 1 unspecified atom stereocenters. The van der Waals surface area contributed by atoms with Crippen LogP contribution in [0, 0.1) is 0 Å². The number of anilines is 2. The van der Waals surface area contributed by atoms with Gasteiger partial charge in [0.15, 0.2) is 5.78 Å². The van der Waals surface area contributed by atoms with Gasteiger partial charge in [0.25, 0.3) is 11.8 Å². The number of Topliss-reactive ketones (excluding diaryl/α,β-unsaturated/α-hetero) is 1. The minimum Gasteiger partial charge on any atom is -0.382 e. The van der Waals surface area contributed by atoms with Crippen LogP contribution in [0.2, 0.25) is 0 Å². The molecule has 0 spiro atoms. The summed E-state index contributed by atoms with van der Waals surface area (Å²) in [6.45, 7) is 5.46. The van der Waals surface area contributed by atoms with E-state index in [4.69, 9.17) is 5.73 Å². The summed E-state index contributed by atoms with van der Waals surface area (Å²) in [5.74, 6) is 0.219. The fourth-order valence-electron chi connectivity index (χ4n) is 5.02. The summed E-state index contributed by atoms with van der Waals surface area (Å²) in [6.07, 6.45) is 5.44. The maximum atomic E-state index is 13.0. The van der Waals surface area contributed by atoms with E-state index in [1.165, 1.54) is 6.92 Å². The van der Waals surface area contributed by atoms with Crippen molar-refractivity contribution in [1.29, 1.82) is 0 Å². The molecule has 3 heterocycles. The van der Waals surface area contributed by atoms with E-state index in [1.54, 1.807) is 24.4 Å². The first-order chi connectivity index (χ1) is 15.7. The summed E-state index contributed by atoms with van der Waals surface area (Å²) in [5.41, 5.74) is 7.53. The highest BCUT2D eigenvalue weighted by Gasteiger charge is 2.41. The lowest BCUT2D eigenvalue weighted by atomic mass is 9.96. The average Bonchev–Trinajstić information content (AvgIpc) is 3.03. The molecule has 2 saturated heterocycles. The van der Waals surface area contributed by atoms with Gasteiger partial charge in [-0.05, 0) is 76.8 Å². The van der Waals surface area contributed by atoms with Crippen molar-refractivity contribution < 1.29 is 14.4 Å². The van der Waals surface area contributed by atoms with E-state index in [0.29, 0.717) is 34.5 Å². The van der Waals surface area contributed by atoms with E-state index in [-0.39, 0.29) is 23.8 Å². The van der Waals surface area contributed by atoms with Crippen molar-refractivity contribution in [3.63, 3.8) is 0 Å². The molecule has 8 heteroatoms. The Morgan fingerprint density at radius 3 is 2.27 bits per heavy atom. The van der Waals surface area contributed by atoms with Gasteiger partial charge in [-0.25, -0.2) is 4.98 Å². The Bertz CT molecular complexity index is 1050. The van der Waals surface area contributed by atoms with Crippen molar-refractivity contribution in [2.75, 3.05) is 10.2 Å². The molecule has 174 valence electrons. The first-order valence-corrected chi connectivity index (χ1v) is 11.5. The number of amides is 2. The lowest BCUT2D eigenvalue weighted by molar-refractivity contribution is 0.0924. The number of nitrogens with one attached hydrogen (secondary N) is 2. The summed E-state index contributed by atoms with van der Waals surface area (Å²) in [5, 5.41) is 6.38. The van der Waals surface area contributed by atoms with Gasteiger partial charge in [0, 0.05) is 47.2 Å². The van der Waals surface area contributed by atoms with E-state index in [0.717, 1.165) is 31.5 Å². The molecule has 2 bridgehead atoms. The van der Waals surface area contributed by atoms with Crippen LogP contribution in [0.25, 0.3) is 0 Å². The second kappa shape index (κ2) is 9.21. The highest BCUT2D eigenvalue weighted by Crippen LogP contribution is 2.38. The summed E-state index contributed by atoms with van der Waals surface area (Å²) >= 11 is 0. The van der Waals surface area contributed by atoms with Crippen LogP contribution < -0.4 is 21.3 Å². The molecule has 33 heavy (non-hydrogen) atoms. The lowest BCUT2D eigenvalue weighted by Crippen LogP contribution is -2.50. The summed E-state index contributed by atoms with van der Waals surface area (Å²) in [6, 6.07) is 9.47. The van der Waals surface area contributed by atoms with Crippen LogP contribution >= 0.6 is 0 Å². The standard InChI is InChI=1S/C25H31N5O3/c1-14(2)28-22-10-16(4-8-21(22)24(26)32)25(33)29-18-11-19-6-7-20(12-18)30(19)23-9-5-17(13-27-23)15(3)31/h4-5,8-10,13-14,18-20,28H,6-7,11-12H2,1-3H3,(H2,26,32)(H,29,33)/t18?,19-,20+. The van der Waals surface area contributed by atoms with E-state index in [2.05, 4.69) is 20.5 Å². The van der Waals surface area contributed by atoms with Crippen molar-refractivity contribution in [3.05, 3.63) is 53.2 Å². The Hall–Kier alpha value is -3.42. The lowest BCUT2D eigenvalue weighted by Gasteiger charge is -2.40. The number of hydrogen-bond acceptors (Lipinski definition) is 6. The largest absolute Gasteiger partial charge is 0.382 e. The smallest absolute Gasteiger partial charge is 0.251 e. The molecule has 3 atom stereocenters. The van der Waals surface area contributed by atoms with Gasteiger partial charge in [0.2, 0.25) is 0 Å². The number of primary amides is 1. The number of piperidine rings is 1. The second-order valence-corrected chi connectivity index (χ2v) is 9.32. The number of aromatic nitrogens is 1. The monoisotopic (exact) mass is 449 g/mol. The summed E-state index contributed by atoms with van der Waals surface area (Å²) in [4.78, 5) is 43.2. The maximum absolute atomic E-state index is 13.0. The van der Waals surface area contributed by atoms with Gasteiger partial charge < -0.3 is 21.3 Å². The Labute approximate surface area is 193 Å². The predicted octanol–water partition coefficient (Wildman–Crippen LogP) is 3.13. The minimum absolute atomic E-state index is 0.00838. The van der Waals surface area contributed by atoms with Crippen LogP contribution in [0.1, 0.15) is 77.5 Å². The molecule has 4 rings (SSSR count). The second-order valence-electron chi connectivity index (χ2n) is 9.32. The van der Waals surface area contributed by atoms with Crippen LogP contribution in [0.4, 0.5) is 11.5 Å². The van der Waals surface area contributed by atoms with Gasteiger partial charge in [0.05, 0.1) is 5.56 Å². The first-order valence-electron chi connectivity index (χ1n) is 11.5. The summed E-state index contributed by atoms with van der Waals surface area (Å²) < 4.78 is 0. The molecule has 2 aliphatic rings. The van der Waals surface area contributed by atoms with Crippen LogP contribution in [-0.2, 0) is 0 Å². The van der Waals surface area contributed by atoms with Gasteiger partial charge in [-0.1, -0.05) is 0 Å². The molecule has 8 nitrogen and oxygen atoms in total. The number of nitrogens with zero attached hydrogens (tertiary/aromatic N) is 2. The van der Waals surface area contributed by atoms with Gasteiger partial charge in [0.1, 0.15) is 5.82 Å². The normalized spacial score (nSPS) is 21.7. The topological polar surface area (TPSA) is 117 Å². The third kappa shape index (κ3) is 4.84. The highest BCUT2D eigenvalue weighted by atomic mass is 16.2. The molecule has 2 amide bonds. The molecule has 2 aliphatic heterocycles. The molecular formula is C25H31N5O3. The molecule has 2 aromatic rings. The van der Waals surface area contributed by atoms with Crippen molar-refractivity contribution >= 4 is 29.1 Å². The number of carbonyl (C=O) groups excluding carboxylic acids is 3. The number of nitrogens with two attached hydrogens (primary N) is 1. The quantitative estimate of drug-likeness (QED) is 0.559. The zero-order chi connectivity index (χ0) is 23.7. The van der Waals surface area contributed by atoms with E-state index in [9.17, 15) is 14.4 Å². The fourth-order valence-corrected chi connectivity index (χ4v) is 5.02. The number of carbonyl (C=O) groups is 3. The molecule has 0 radical (unpaired) electrons. The molecule has 2 fully saturated rings.